The zero-order valence-corrected chi connectivity index (χ0v) is 8.18. The molecule has 0 amide bonds. The Hall–Kier alpha value is -2.11. The molecule has 80 valence electrons. The molecule has 1 N–H and O–H groups in total. The molecule has 0 heterocycles. The summed E-state index contributed by atoms with van der Waals surface area (Å²) in [5.74, 6) is -1.14. The molecule has 6 heteroatoms. The smallest absolute Gasteiger partial charge is 0.314 e. The average Bonchev–Trinajstić information content (AvgIpc) is 2.16. The molecule has 15 heavy (non-hydrogen) atoms. The fourth-order valence-corrected chi connectivity index (χ4v) is 1.19. The van der Waals surface area contributed by atoms with Crippen LogP contribution in [0.1, 0.15) is 17.3 Å². The van der Waals surface area contributed by atoms with Crippen LogP contribution in [0, 0.1) is 10.1 Å². The maximum atomic E-state index is 11.1. The van der Waals surface area contributed by atoms with E-state index in [4.69, 9.17) is 4.74 Å². The quantitative estimate of drug-likeness (QED) is 0.465. The zero-order chi connectivity index (χ0) is 11.6. The molecular formula is C9H9NO5. The number of Topliss-reactive ketones (excluding diaryl/α,β-unsaturated/α-hetero) is 1. The minimum Gasteiger partial charge on any atom is -0.499 e. The van der Waals surface area contributed by atoms with Gasteiger partial charge in [0.25, 0.3) is 0 Å². The molecule has 0 aliphatic rings. The van der Waals surface area contributed by atoms with E-state index >= 15 is 0 Å². The van der Waals surface area contributed by atoms with Crippen LogP contribution in [0.3, 0.4) is 0 Å². The van der Waals surface area contributed by atoms with E-state index in [1.807, 2.05) is 0 Å². The second-order valence-electron chi connectivity index (χ2n) is 2.83. The normalized spacial score (nSPS) is 9.73. The minimum absolute atomic E-state index is 0.112. The van der Waals surface area contributed by atoms with Crippen molar-refractivity contribution in [1.29, 1.82) is 0 Å². The molecule has 0 unspecified atom stereocenters. The van der Waals surface area contributed by atoms with Crippen molar-refractivity contribution in [3.05, 3.63) is 27.8 Å². The Kier molecular flexibility index (Phi) is 2.89. The molecule has 1 aromatic rings. The van der Waals surface area contributed by atoms with Crippen molar-refractivity contribution in [3.8, 4) is 11.5 Å². The number of carbonyl (C=O) groups excluding carboxylic acids is 1. The first-order chi connectivity index (χ1) is 6.99. The number of methoxy groups -OCH3 is 1. The molecule has 0 saturated carbocycles. The SMILES string of the molecule is COc1c(C(C)=O)ccc([N+](=O)[O-])c1O. The predicted octanol–water partition coefficient (Wildman–Crippen LogP) is 1.51. The Morgan fingerprint density at radius 3 is 2.53 bits per heavy atom. The van der Waals surface area contributed by atoms with E-state index in [0.29, 0.717) is 0 Å². The van der Waals surface area contributed by atoms with Gasteiger partial charge >= 0.3 is 5.69 Å². The summed E-state index contributed by atoms with van der Waals surface area (Å²) in [6.07, 6.45) is 0. The monoisotopic (exact) mass is 211 g/mol. The number of aromatic hydroxyl groups is 1. The van der Waals surface area contributed by atoms with Crippen molar-refractivity contribution in [3.63, 3.8) is 0 Å². The number of nitro benzene ring substituents is 1. The van der Waals surface area contributed by atoms with Crippen molar-refractivity contribution >= 4 is 11.5 Å². The van der Waals surface area contributed by atoms with Gasteiger partial charge in [0.15, 0.2) is 11.5 Å². The van der Waals surface area contributed by atoms with Crippen molar-refractivity contribution in [2.45, 2.75) is 6.92 Å². The third-order valence-electron chi connectivity index (χ3n) is 1.89. The third-order valence-corrected chi connectivity index (χ3v) is 1.89. The topological polar surface area (TPSA) is 89.7 Å². The number of hydrogen-bond donors (Lipinski definition) is 1. The van der Waals surface area contributed by atoms with Gasteiger partial charge in [-0.05, 0) is 13.0 Å². The molecule has 1 aromatic carbocycles. The van der Waals surface area contributed by atoms with Crippen LogP contribution in [-0.2, 0) is 0 Å². The summed E-state index contributed by atoms with van der Waals surface area (Å²) in [7, 11) is 1.23. The lowest BCUT2D eigenvalue weighted by Crippen LogP contribution is -1.99. The summed E-state index contributed by atoms with van der Waals surface area (Å²) in [6, 6.07) is 2.31. The highest BCUT2D eigenvalue weighted by atomic mass is 16.6. The van der Waals surface area contributed by atoms with Crippen LogP contribution in [0.4, 0.5) is 5.69 Å². The molecule has 0 aliphatic heterocycles. The molecule has 6 nitrogen and oxygen atoms in total. The lowest BCUT2D eigenvalue weighted by Gasteiger charge is -2.07. The van der Waals surface area contributed by atoms with Crippen molar-refractivity contribution < 1.29 is 19.6 Å². The predicted molar refractivity (Wildman–Crippen MR) is 51.3 cm³/mol. The van der Waals surface area contributed by atoms with E-state index in [1.54, 1.807) is 0 Å². The van der Waals surface area contributed by atoms with Crippen molar-refractivity contribution in [1.82, 2.24) is 0 Å². The summed E-state index contributed by atoms with van der Waals surface area (Å²) >= 11 is 0. The van der Waals surface area contributed by atoms with E-state index in [0.717, 1.165) is 6.07 Å². The Morgan fingerprint density at radius 2 is 2.13 bits per heavy atom. The highest BCUT2D eigenvalue weighted by molar-refractivity contribution is 5.98. The number of phenolic OH excluding ortho intramolecular Hbond substituents is 1. The number of nitrogens with zero attached hydrogens (tertiary/aromatic N) is 1. The van der Waals surface area contributed by atoms with E-state index in [2.05, 4.69) is 0 Å². The van der Waals surface area contributed by atoms with Crippen LogP contribution in [0.25, 0.3) is 0 Å². The highest BCUT2D eigenvalue weighted by Gasteiger charge is 2.22. The number of nitro groups is 1. The molecule has 0 aliphatic carbocycles. The first-order valence-corrected chi connectivity index (χ1v) is 4.04. The van der Waals surface area contributed by atoms with Gasteiger partial charge in [-0.25, -0.2) is 0 Å². The zero-order valence-electron chi connectivity index (χ0n) is 8.18. The van der Waals surface area contributed by atoms with Gasteiger partial charge in [0.2, 0.25) is 5.75 Å². The standard InChI is InChI=1S/C9H9NO5/c1-5(11)6-3-4-7(10(13)14)8(12)9(6)15-2/h3-4,12H,1-2H3. The fourth-order valence-electron chi connectivity index (χ4n) is 1.19. The summed E-state index contributed by atoms with van der Waals surface area (Å²) < 4.78 is 4.75. The van der Waals surface area contributed by atoms with Crippen LogP contribution < -0.4 is 4.74 Å². The summed E-state index contributed by atoms with van der Waals surface area (Å²) in [6.45, 7) is 1.28. The lowest BCUT2D eigenvalue weighted by molar-refractivity contribution is -0.385. The van der Waals surface area contributed by atoms with Gasteiger partial charge in [-0.15, -0.1) is 0 Å². The van der Waals surface area contributed by atoms with Crippen LogP contribution in [0.2, 0.25) is 0 Å². The van der Waals surface area contributed by atoms with Gasteiger partial charge in [0.05, 0.1) is 17.6 Å². The van der Waals surface area contributed by atoms with Gasteiger partial charge in [-0.3, -0.25) is 14.9 Å². The third kappa shape index (κ3) is 1.88. The number of ether oxygens (including phenoxy) is 1. The Balaban J connectivity index is 3.45. The van der Waals surface area contributed by atoms with E-state index in [1.165, 1.54) is 20.1 Å². The van der Waals surface area contributed by atoms with Crippen LogP contribution >= 0.6 is 0 Å². The Morgan fingerprint density at radius 1 is 1.53 bits per heavy atom. The lowest BCUT2D eigenvalue weighted by atomic mass is 10.1. The number of phenols is 1. The first kappa shape index (κ1) is 11.0. The van der Waals surface area contributed by atoms with Gasteiger partial charge in [-0.1, -0.05) is 0 Å². The second-order valence-corrected chi connectivity index (χ2v) is 2.83. The maximum Gasteiger partial charge on any atom is 0.314 e. The summed E-state index contributed by atoms with van der Waals surface area (Å²) in [5, 5.41) is 19.9. The van der Waals surface area contributed by atoms with Crippen LogP contribution in [0.15, 0.2) is 12.1 Å². The maximum absolute atomic E-state index is 11.1. The summed E-state index contributed by atoms with van der Waals surface area (Å²) in [5.41, 5.74) is -0.377. The van der Waals surface area contributed by atoms with Gasteiger partial charge in [-0.2, -0.15) is 0 Å². The Bertz CT molecular complexity index is 427. The van der Waals surface area contributed by atoms with Crippen LogP contribution in [-0.4, -0.2) is 22.9 Å². The number of benzene rings is 1. The van der Waals surface area contributed by atoms with Crippen LogP contribution in [0.5, 0.6) is 11.5 Å². The second kappa shape index (κ2) is 3.95. The Labute approximate surface area is 85.2 Å². The van der Waals surface area contributed by atoms with Gasteiger partial charge in [0, 0.05) is 6.07 Å². The van der Waals surface area contributed by atoms with E-state index < -0.39 is 16.4 Å². The first-order valence-electron chi connectivity index (χ1n) is 4.04. The van der Waals surface area contributed by atoms with Gasteiger partial charge in [0.1, 0.15) is 0 Å². The average molecular weight is 211 g/mol. The van der Waals surface area contributed by atoms with E-state index in [-0.39, 0.29) is 17.1 Å². The number of rotatable bonds is 3. The molecule has 0 aromatic heterocycles. The molecule has 0 radical (unpaired) electrons. The number of carbonyl (C=O) groups is 1. The van der Waals surface area contributed by atoms with Crippen molar-refractivity contribution in [2.75, 3.05) is 7.11 Å². The molecular weight excluding hydrogens is 202 g/mol. The summed E-state index contributed by atoms with van der Waals surface area (Å²) in [4.78, 5) is 20.8. The molecule has 0 saturated heterocycles. The number of ketones is 1. The molecule has 0 bridgehead atoms. The van der Waals surface area contributed by atoms with Crippen molar-refractivity contribution in [2.24, 2.45) is 0 Å². The van der Waals surface area contributed by atoms with E-state index in [9.17, 15) is 20.0 Å². The number of hydrogen-bond acceptors (Lipinski definition) is 5. The molecule has 1 rings (SSSR count). The fraction of sp³-hybridized carbons (Fsp3) is 0.222. The largest absolute Gasteiger partial charge is 0.499 e. The van der Waals surface area contributed by atoms with Gasteiger partial charge < -0.3 is 9.84 Å². The molecule has 0 atom stereocenters. The highest BCUT2D eigenvalue weighted by Crippen LogP contribution is 2.38. The minimum atomic E-state index is -0.748. The molecule has 0 spiro atoms. The molecule has 0 fully saturated rings.